The molecule has 0 bridgehead atoms. The fourth-order valence-electron chi connectivity index (χ4n) is 0.689. The molecule has 0 radical (unpaired) electrons. The molecule has 0 aromatic carbocycles. The molecule has 0 aliphatic rings. The van der Waals surface area contributed by atoms with Crippen LogP contribution in [0.2, 0.25) is 0 Å². The minimum atomic E-state index is 0.689. The van der Waals surface area contributed by atoms with Crippen LogP contribution in [0.1, 0.15) is 0 Å². The van der Waals surface area contributed by atoms with E-state index in [1.165, 1.54) is 0 Å². The van der Waals surface area contributed by atoms with Crippen molar-refractivity contribution in [2.24, 2.45) is 5.73 Å². The van der Waals surface area contributed by atoms with Crippen LogP contribution < -0.4 is 5.73 Å². The number of H-pyrrole nitrogens is 1. The molecule has 11 heavy (non-hydrogen) atoms. The molecule has 0 unspecified atom stereocenters. The number of aromatic nitrogens is 1. The molecular formula is C7H10N2S2. The van der Waals surface area contributed by atoms with Crippen molar-refractivity contribution in [1.82, 2.24) is 4.98 Å². The minimum Gasteiger partial charge on any atom is -0.352 e. The summed E-state index contributed by atoms with van der Waals surface area (Å²) in [6.07, 6.45) is 1.83. The van der Waals surface area contributed by atoms with Crippen LogP contribution in [0.5, 0.6) is 0 Å². The lowest BCUT2D eigenvalue weighted by Gasteiger charge is -1.97. The van der Waals surface area contributed by atoms with E-state index >= 15 is 0 Å². The van der Waals surface area contributed by atoms with Crippen LogP contribution in [0, 0.1) is 4.64 Å². The van der Waals surface area contributed by atoms with Crippen molar-refractivity contribution < 1.29 is 0 Å². The van der Waals surface area contributed by atoms with Crippen molar-refractivity contribution in [2.45, 2.75) is 4.90 Å². The molecule has 2 nitrogen and oxygen atoms in total. The lowest BCUT2D eigenvalue weighted by Crippen LogP contribution is -2.00. The van der Waals surface area contributed by atoms with Crippen molar-refractivity contribution >= 4 is 24.0 Å². The first kappa shape index (κ1) is 8.77. The topological polar surface area (TPSA) is 41.8 Å². The molecule has 60 valence electrons. The Labute approximate surface area is 75.2 Å². The third-order valence-corrected chi connectivity index (χ3v) is 2.72. The Bertz CT molecular complexity index is 269. The van der Waals surface area contributed by atoms with Gasteiger partial charge in [-0.2, -0.15) is 0 Å². The number of thioether (sulfide) groups is 1. The second-order valence-electron chi connectivity index (χ2n) is 2.00. The zero-order valence-electron chi connectivity index (χ0n) is 6.04. The Hall–Kier alpha value is -0.320. The summed E-state index contributed by atoms with van der Waals surface area (Å²) in [6.45, 7) is 0.689. The molecule has 1 rings (SSSR count). The van der Waals surface area contributed by atoms with Crippen molar-refractivity contribution in [2.75, 3.05) is 12.3 Å². The number of rotatable bonds is 3. The molecular weight excluding hydrogens is 176 g/mol. The van der Waals surface area contributed by atoms with E-state index in [0.717, 1.165) is 15.3 Å². The smallest absolute Gasteiger partial charge is 0.116 e. The second-order valence-corrected chi connectivity index (χ2v) is 3.55. The van der Waals surface area contributed by atoms with Gasteiger partial charge in [0.1, 0.15) is 4.64 Å². The summed E-state index contributed by atoms with van der Waals surface area (Å²) in [5.41, 5.74) is 5.36. The Balaban J connectivity index is 2.70. The van der Waals surface area contributed by atoms with E-state index in [1.807, 2.05) is 18.3 Å². The summed E-state index contributed by atoms with van der Waals surface area (Å²) >= 11 is 6.73. The number of hydrogen-bond donors (Lipinski definition) is 2. The van der Waals surface area contributed by atoms with Gasteiger partial charge in [0.15, 0.2) is 0 Å². The van der Waals surface area contributed by atoms with Gasteiger partial charge in [-0.15, -0.1) is 11.8 Å². The summed E-state index contributed by atoms with van der Waals surface area (Å²) < 4.78 is 0.797. The normalized spacial score (nSPS) is 9.91. The molecule has 0 saturated heterocycles. The van der Waals surface area contributed by atoms with Gasteiger partial charge in [-0.05, 0) is 12.1 Å². The van der Waals surface area contributed by atoms with Gasteiger partial charge in [0, 0.05) is 23.4 Å². The van der Waals surface area contributed by atoms with Gasteiger partial charge in [0.25, 0.3) is 0 Å². The van der Waals surface area contributed by atoms with E-state index < -0.39 is 0 Å². The van der Waals surface area contributed by atoms with Crippen molar-refractivity contribution in [3.05, 3.63) is 23.0 Å². The number of pyridine rings is 1. The van der Waals surface area contributed by atoms with Gasteiger partial charge in [-0.1, -0.05) is 12.2 Å². The standard InChI is InChI=1S/C7H10N2S2/c8-3-5-11-6-2-1-4-9-7(6)10/h1-2,4H,3,5,8H2,(H,9,10). The van der Waals surface area contributed by atoms with Gasteiger partial charge in [-0.25, -0.2) is 0 Å². The van der Waals surface area contributed by atoms with Crippen LogP contribution in [-0.4, -0.2) is 17.3 Å². The maximum atomic E-state index is 5.36. The average Bonchev–Trinajstić information content (AvgIpc) is 2.03. The highest BCUT2D eigenvalue weighted by atomic mass is 32.2. The zero-order valence-corrected chi connectivity index (χ0v) is 7.67. The Morgan fingerprint density at radius 1 is 1.64 bits per heavy atom. The molecule has 0 fully saturated rings. The number of hydrogen-bond acceptors (Lipinski definition) is 3. The maximum absolute atomic E-state index is 5.36. The van der Waals surface area contributed by atoms with Gasteiger partial charge in [0.2, 0.25) is 0 Å². The first-order chi connectivity index (χ1) is 5.34. The SMILES string of the molecule is NCCSc1ccc[nH]c1=S. The summed E-state index contributed by atoms with van der Waals surface area (Å²) in [4.78, 5) is 4.07. The summed E-state index contributed by atoms with van der Waals surface area (Å²) in [5.74, 6) is 0.918. The first-order valence-corrected chi connectivity index (χ1v) is 4.74. The highest BCUT2D eigenvalue weighted by Gasteiger charge is 1.92. The van der Waals surface area contributed by atoms with E-state index in [1.54, 1.807) is 11.8 Å². The van der Waals surface area contributed by atoms with E-state index in [9.17, 15) is 0 Å². The van der Waals surface area contributed by atoms with E-state index in [4.69, 9.17) is 18.0 Å². The van der Waals surface area contributed by atoms with Gasteiger partial charge >= 0.3 is 0 Å². The molecule has 0 atom stereocenters. The van der Waals surface area contributed by atoms with Crippen molar-refractivity contribution in [3.8, 4) is 0 Å². The third kappa shape index (κ3) is 2.65. The quantitative estimate of drug-likeness (QED) is 0.558. The van der Waals surface area contributed by atoms with Crippen LogP contribution in [0.3, 0.4) is 0 Å². The largest absolute Gasteiger partial charge is 0.352 e. The molecule has 0 amide bonds. The Kier molecular flexibility index (Phi) is 3.62. The molecule has 0 aliphatic carbocycles. The molecule has 0 saturated carbocycles. The van der Waals surface area contributed by atoms with Crippen molar-refractivity contribution in [1.29, 1.82) is 0 Å². The highest BCUT2D eigenvalue weighted by molar-refractivity contribution is 7.99. The van der Waals surface area contributed by atoms with Crippen LogP contribution in [-0.2, 0) is 0 Å². The molecule has 4 heteroatoms. The lowest BCUT2D eigenvalue weighted by molar-refractivity contribution is 1.14. The third-order valence-electron chi connectivity index (χ3n) is 1.16. The molecule has 0 spiro atoms. The maximum Gasteiger partial charge on any atom is 0.116 e. The second kappa shape index (κ2) is 4.54. The van der Waals surface area contributed by atoms with Crippen LogP contribution in [0.4, 0.5) is 0 Å². The van der Waals surface area contributed by atoms with Gasteiger partial charge in [-0.3, -0.25) is 0 Å². The minimum absolute atomic E-state index is 0.689. The van der Waals surface area contributed by atoms with E-state index in [2.05, 4.69) is 4.98 Å². The molecule has 1 aromatic heterocycles. The predicted octanol–water partition coefficient (Wildman–Crippen LogP) is 1.79. The Morgan fingerprint density at radius 2 is 2.45 bits per heavy atom. The molecule has 0 aliphatic heterocycles. The highest BCUT2D eigenvalue weighted by Crippen LogP contribution is 2.16. The number of nitrogens with one attached hydrogen (secondary N) is 1. The van der Waals surface area contributed by atoms with E-state index in [0.29, 0.717) is 6.54 Å². The van der Waals surface area contributed by atoms with Crippen LogP contribution >= 0.6 is 24.0 Å². The Morgan fingerprint density at radius 3 is 3.09 bits per heavy atom. The molecule has 1 aromatic rings. The number of aromatic amines is 1. The zero-order chi connectivity index (χ0) is 8.10. The lowest BCUT2D eigenvalue weighted by atomic mass is 10.5. The average molecular weight is 186 g/mol. The summed E-state index contributed by atoms with van der Waals surface area (Å²) in [6, 6.07) is 3.94. The number of nitrogens with two attached hydrogens (primary N) is 1. The fraction of sp³-hybridized carbons (Fsp3) is 0.286. The van der Waals surface area contributed by atoms with Crippen LogP contribution in [0.25, 0.3) is 0 Å². The van der Waals surface area contributed by atoms with Crippen molar-refractivity contribution in [3.63, 3.8) is 0 Å². The van der Waals surface area contributed by atoms with E-state index in [-0.39, 0.29) is 0 Å². The monoisotopic (exact) mass is 186 g/mol. The first-order valence-electron chi connectivity index (χ1n) is 3.35. The van der Waals surface area contributed by atoms with Crippen LogP contribution in [0.15, 0.2) is 23.2 Å². The summed E-state index contributed by atoms with van der Waals surface area (Å²) in [7, 11) is 0. The van der Waals surface area contributed by atoms with Gasteiger partial charge < -0.3 is 10.7 Å². The molecule has 3 N–H and O–H groups in total. The van der Waals surface area contributed by atoms with Gasteiger partial charge in [0.05, 0.1) is 0 Å². The molecule has 1 heterocycles. The summed E-state index contributed by atoms with van der Waals surface area (Å²) in [5, 5.41) is 0. The predicted molar refractivity (Wildman–Crippen MR) is 51.4 cm³/mol. The fourth-order valence-corrected chi connectivity index (χ4v) is 1.70.